The Kier molecular flexibility index (Phi) is 9.11. The third-order valence-corrected chi connectivity index (χ3v) is 3.57. The van der Waals surface area contributed by atoms with Gasteiger partial charge in [-0.2, -0.15) is 0 Å². The van der Waals surface area contributed by atoms with Crippen molar-refractivity contribution < 1.29 is 14.3 Å². The molecule has 0 saturated carbocycles. The smallest absolute Gasteiger partial charge is 0.338 e. The molecule has 0 bridgehead atoms. The molecule has 1 rings (SSSR count). The van der Waals surface area contributed by atoms with Crippen LogP contribution in [0.15, 0.2) is 18.2 Å². The molecule has 0 atom stereocenters. The molecule has 1 aromatic rings. The topological polar surface area (TPSA) is 76.8 Å². The fourth-order valence-corrected chi connectivity index (χ4v) is 2.23. The van der Waals surface area contributed by atoms with Crippen LogP contribution in [0.4, 0.5) is 5.69 Å². The first kappa shape index (κ1) is 20.2. The van der Waals surface area contributed by atoms with E-state index in [1.807, 2.05) is 6.92 Å². The van der Waals surface area contributed by atoms with Crippen molar-refractivity contribution in [2.24, 2.45) is 5.73 Å². The summed E-state index contributed by atoms with van der Waals surface area (Å²) in [5, 5.41) is 2.95. The second-order valence-corrected chi connectivity index (χ2v) is 5.65. The molecule has 0 heterocycles. The van der Waals surface area contributed by atoms with Gasteiger partial charge in [-0.3, -0.25) is 0 Å². The van der Waals surface area contributed by atoms with Crippen molar-refractivity contribution in [1.82, 2.24) is 4.90 Å². The molecular formula is C17H27N3O3S. The van der Waals surface area contributed by atoms with Gasteiger partial charge in [0.25, 0.3) is 0 Å². The molecule has 0 amide bonds. The number of nitrogens with one attached hydrogen (secondary N) is 1. The van der Waals surface area contributed by atoms with Gasteiger partial charge in [0.2, 0.25) is 0 Å². The number of thiocarbonyl (C=S) groups is 1. The first-order valence-corrected chi connectivity index (χ1v) is 8.65. The zero-order chi connectivity index (χ0) is 17.9. The van der Waals surface area contributed by atoms with Gasteiger partial charge in [-0.05, 0) is 49.9 Å². The molecule has 0 aliphatic carbocycles. The third-order valence-electron chi connectivity index (χ3n) is 3.47. The van der Waals surface area contributed by atoms with Crippen molar-refractivity contribution in [3.63, 3.8) is 0 Å². The maximum absolute atomic E-state index is 12.2. The molecule has 3 N–H and O–H groups in total. The quantitative estimate of drug-likeness (QED) is 0.494. The highest BCUT2D eigenvalue weighted by molar-refractivity contribution is 7.80. The van der Waals surface area contributed by atoms with Crippen LogP contribution in [0.5, 0.6) is 5.75 Å². The second-order valence-electron chi connectivity index (χ2n) is 5.21. The summed E-state index contributed by atoms with van der Waals surface area (Å²) in [6, 6.07) is 5.04. The Morgan fingerprint density at radius 1 is 1.25 bits per heavy atom. The van der Waals surface area contributed by atoms with E-state index >= 15 is 0 Å². The number of esters is 1. The van der Waals surface area contributed by atoms with E-state index in [-0.39, 0.29) is 11.1 Å². The summed E-state index contributed by atoms with van der Waals surface area (Å²) in [7, 11) is 0. The van der Waals surface area contributed by atoms with Gasteiger partial charge in [0, 0.05) is 6.54 Å². The summed E-state index contributed by atoms with van der Waals surface area (Å²) in [5.41, 5.74) is 6.53. The minimum absolute atomic E-state index is 0.114. The number of likely N-dealkylation sites (N-methyl/N-ethyl adjacent to an activating group) is 1. The highest BCUT2D eigenvalue weighted by atomic mass is 32.1. The maximum atomic E-state index is 12.2. The molecular weight excluding hydrogens is 326 g/mol. The Bertz CT molecular complexity index is 548. The largest absolute Gasteiger partial charge is 0.491 e. The van der Waals surface area contributed by atoms with Gasteiger partial charge in [0.05, 0.1) is 17.9 Å². The number of carbonyl (C=O) groups excluding carboxylic acids is 1. The molecule has 0 fully saturated rings. The Morgan fingerprint density at radius 3 is 2.54 bits per heavy atom. The van der Waals surface area contributed by atoms with Crippen LogP contribution in [0.3, 0.4) is 0 Å². The van der Waals surface area contributed by atoms with Gasteiger partial charge in [0.15, 0.2) is 5.11 Å². The van der Waals surface area contributed by atoms with E-state index in [4.69, 9.17) is 27.4 Å². The number of rotatable bonds is 10. The van der Waals surface area contributed by atoms with E-state index in [0.29, 0.717) is 36.8 Å². The van der Waals surface area contributed by atoms with Crippen LogP contribution < -0.4 is 15.8 Å². The van der Waals surface area contributed by atoms with E-state index < -0.39 is 0 Å². The standard InChI is InChI=1S/C17H27N3O3S/c1-4-10-22-15-8-7-13(12-14(15)19-17(18)24)16(21)23-11-9-20(5-2)6-3/h7-8,12H,4-6,9-11H2,1-3H3,(H3,18,19,24). The van der Waals surface area contributed by atoms with Crippen molar-refractivity contribution in [2.45, 2.75) is 27.2 Å². The van der Waals surface area contributed by atoms with E-state index in [2.05, 4.69) is 24.1 Å². The van der Waals surface area contributed by atoms with Crippen LogP contribution in [0, 0.1) is 0 Å². The molecule has 0 aliphatic rings. The minimum Gasteiger partial charge on any atom is -0.491 e. The molecule has 0 saturated heterocycles. The van der Waals surface area contributed by atoms with Crippen molar-refractivity contribution in [1.29, 1.82) is 0 Å². The molecule has 0 aromatic heterocycles. The molecule has 134 valence electrons. The number of benzene rings is 1. The van der Waals surface area contributed by atoms with Crippen LogP contribution in [0.25, 0.3) is 0 Å². The summed E-state index contributed by atoms with van der Waals surface area (Å²) in [6.07, 6.45) is 0.877. The second kappa shape index (κ2) is 10.8. The predicted molar refractivity (Wildman–Crippen MR) is 101 cm³/mol. The summed E-state index contributed by atoms with van der Waals surface area (Å²) in [5.74, 6) is 0.222. The van der Waals surface area contributed by atoms with Crippen molar-refractivity contribution in [3.05, 3.63) is 23.8 Å². The molecule has 7 heteroatoms. The number of nitrogens with zero attached hydrogens (tertiary/aromatic N) is 1. The zero-order valence-electron chi connectivity index (χ0n) is 14.6. The lowest BCUT2D eigenvalue weighted by molar-refractivity contribution is 0.0466. The van der Waals surface area contributed by atoms with Crippen molar-refractivity contribution in [3.8, 4) is 5.75 Å². The lowest BCUT2D eigenvalue weighted by Gasteiger charge is -2.17. The Labute approximate surface area is 149 Å². The van der Waals surface area contributed by atoms with Crippen molar-refractivity contribution in [2.75, 3.05) is 38.2 Å². The van der Waals surface area contributed by atoms with Crippen LogP contribution in [0.2, 0.25) is 0 Å². The summed E-state index contributed by atoms with van der Waals surface area (Å²) >= 11 is 4.87. The fraction of sp³-hybridized carbons (Fsp3) is 0.529. The highest BCUT2D eigenvalue weighted by Crippen LogP contribution is 2.26. The summed E-state index contributed by atoms with van der Waals surface area (Å²) in [6.45, 7) is 9.67. The fourth-order valence-electron chi connectivity index (χ4n) is 2.12. The highest BCUT2D eigenvalue weighted by Gasteiger charge is 2.13. The molecule has 6 nitrogen and oxygen atoms in total. The summed E-state index contributed by atoms with van der Waals surface area (Å²) < 4.78 is 11.0. The van der Waals surface area contributed by atoms with Crippen LogP contribution in [0.1, 0.15) is 37.6 Å². The van der Waals surface area contributed by atoms with Gasteiger partial charge < -0.3 is 25.4 Å². The van der Waals surface area contributed by atoms with Gasteiger partial charge >= 0.3 is 5.97 Å². The Hall–Kier alpha value is -1.86. The van der Waals surface area contributed by atoms with E-state index in [9.17, 15) is 4.79 Å². The van der Waals surface area contributed by atoms with Crippen molar-refractivity contribution >= 4 is 29.0 Å². The normalized spacial score (nSPS) is 10.5. The molecule has 0 unspecified atom stereocenters. The molecule has 0 aliphatic heterocycles. The SMILES string of the molecule is CCCOc1ccc(C(=O)OCCN(CC)CC)cc1NC(N)=S. The van der Waals surface area contributed by atoms with E-state index in [0.717, 1.165) is 19.5 Å². The number of hydrogen-bond donors (Lipinski definition) is 2. The monoisotopic (exact) mass is 353 g/mol. The van der Waals surface area contributed by atoms with E-state index in [1.54, 1.807) is 18.2 Å². The molecule has 1 aromatic carbocycles. The zero-order valence-corrected chi connectivity index (χ0v) is 15.4. The first-order valence-electron chi connectivity index (χ1n) is 8.24. The Balaban J connectivity index is 2.75. The maximum Gasteiger partial charge on any atom is 0.338 e. The lowest BCUT2D eigenvalue weighted by Crippen LogP contribution is -2.28. The van der Waals surface area contributed by atoms with Gasteiger partial charge in [-0.15, -0.1) is 0 Å². The number of nitrogens with two attached hydrogens (primary N) is 1. The predicted octanol–water partition coefficient (Wildman–Crippen LogP) is 2.63. The third kappa shape index (κ3) is 6.72. The average molecular weight is 353 g/mol. The Morgan fingerprint density at radius 2 is 1.96 bits per heavy atom. The lowest BCUT2D eigenvalue weighted by atomic mass is 10.2. The van der Waals surface area contributed by atoms with Crippen LogP contribution in [-0.4, -0.2) is 48.8 Å². The molecule has 0 spiro atoms. The number of hydrogen-bond acceptors (Lipinski definition) is 5. The van der Waals surface area contributed by atoms with E-state index in [1.165, 1.54) is 0 Å². The average Bonchev–Trinajstić information content (AvgIpc) is 2.57. The first-order chi connectivity index (χ1) is 11.5. The minimum atomic E-state index is -0.379. The van der Waals surface area contributed by atoms with Gasteiger partial charge in [0.1, 0.15) is 12.4 Å². The number of anilines is 1. The number of carbonyl (C=O) groups is 1. The van der Waals surface area contributed by atoms with Gasteiger partial charge in [-0.25, -0.2) is 4.79 Å². The summed E-state index contributed by atoms with van der Waals surface area (Å²) in [4.78, 5) is 14.4. The molecule has 0 radical (unpaired) electrons. The van der Waals surface area contributed by atoms with Gasteiger partial charge in [-0.1, -0.05) is 20.8 Å². The number of ether oxygens (including phenoxy) is 2. The molecule has 24 heavy (non-hydrogen) atoms. The van der Waals surface area contributed by atoms with Crippen LogP contribution in [-0.2, 0) is 4.74 Å². The van der Waals surface area contributed by atoms with Crippen LogP contribution >= 0.6 is 12.2 Å².